The van der Waals surface area contributed by atoms with E-state index in [4.69, 9.17) is 22.1 Å². The van der Waals surface area contributed by atoms with E-state index in [0.29, 0.717) is 33.2 Å². The van der Waals surface area contributed by atoms with Gasteiger partial charge in [0.05, 0.1) is 24.0 Å². The fraction of sp³-hybridized carbons (Fsp3) is 0.0417. The summed E-state index contributed by atoms with van der Waals surface area (Å²) in [6, 6.07) is 20.6. The Morgan fingerprint density at radius 2 is 1.78 bits per heavy atom. The van der Waals surface area contributed by atoms with Crippen LogP contribution in [0.25, 0.3) is 10.8 Å². The number of fused-ring (bicyclic) bond motifs is 1. The van der Waals surface area contributed by atoms with Gasteiger partial charge in [0.15, 0.2) is 5.75 Å². The number of halogens is 1. The molecule has 7 nitrogen and oxygen atoms in total. The van der Waals surface area contributed by atoms with Crippen molar-refractivity contribution in [2.24, 2.45) is 10.2 Å². The van der Waals surface area contributed by atoms with E-state index in [1.54, 1.807) is 54.6 Å². The minimum absolute atomic E-state index is 0.0389. The lowest BCUT2D eigenvalue weighted by atomic mass is 10.0. The number of azo groups is 1. The number of hydrogen-bond acceptors (Lipinski definition) is 6. The zero-order chi connectivity index (χ0) is 22.7. The quantitative estimate of drug-likeness (QED) is 0.241. The lowest BCUT2D eigenvalue weighted by molar-refractivity contribution is 0.102. The first-order valence-electron chi connectivity index (χ1n) is 9.63. The van der Waals surface area contributed by atoms with Crippen LogP contribution in [0.5, 0.6) is 11.5 Å². The number of carbonyl (C=O) groups is 1. The maximum Gasteiger partial charge on any atom is 0.259 e. The molecule has 0 bridgehead atoms. The second-order valence-corrected chi connectivity index (χ2v) is 7.37. The van der Waals surface area contributed by atoms with Crippen molar-refractivity contribution in [3.05, 3.63) is 83.4 Å². The summed E-state index contributed by atoms with van der Waals surface area (Å²) in [7, 11) is 1.49. The average Bonchev–Trinajstić information content (AvgIpc) is 2.79. The molecular formula is C24H19ClN4O3. The normalized spacial score (nSPS) is 11.1. The monoisotopic (exact) mass is 446 g/mol. The number of hydrogen-bond donors (Lipinski definition) is 3. The highest BCUT2D eigenvalue weighted by atomic mass is 35.5. The molecule has 0 aliphatic heterocycles. The molecule has 160 valence electrons. The number of phenolic OH excluding ortho intramolecular Hbond substituents is 1. The molecule has 0 saturated carbocycles. The molecule has 1 amide bonds. The lowest BCUT2D eigenvalue weighted by Crippen LogP contribution is -2.13. The minimum atomic E-state index is -0.544. The van der Waals surface area contributed by atoms with Gasteiger partial charge in [0.2, 0.25) is 0 Å². The predicted octanol–water partition coefficient (Wildman–Crippen LogP) is 6.46. The summed E-state index contributed by atoms with van der Waals surface area (Å²) in [5.74, 6) is -0.398. The molecule has 0 aliphatic rings. The van der Waals surface area contributed by atoms with Gasteiger partial charge in [-0.25, -0.2) is 0 Å². The number of ether oxygens (including phenoxy) is 1. The van der Waals surface area contributed by atoms with Gasteiger partial charge in [-0.05, 0) is 53.9 Å². The van der Waals surface area contributed by atoms with Crippen molar-refractivity contribution in [1.82, 2.24) is 0 Å². The number of methoxy groups -OCH3 is 1. The van der Waals surface area contributed by atoms with Gasteiger partial charge in [-0.3, -0.25) is 4.79 Å². The molecule has 4 N–H and O–H groups in total. The molecule has 0 fully saturated rings. The summed E-state index contributed by atoms with van der Waals surface area (Å²) in [6.07, 6.45) is 0. The highest BCUT2D eigenvalue weighted by molar-refractivity contribution is 6.31. The number of anilines is 2. The van der Waals surface area contributed by atoms with E-state index < -0.39 is 5.91 Å². The summed E-state index contributed by atoms with van der Waals surface area (Å²) in [5.41, 5.74) is 7.47. The summed E-state index contributed by atoms with van der Waals surface area (Å²) < 4.78 is 5.28. The Morgan fingerprint density at radius 1 is 1.03 bits per heavy atom. The van der Waals surface area contributed by atoms with Crippen LogP contribution in [-0.2, 0) is 0 Å². The summed E-state index contributed by atoms with van der Waals surface area (Å²) in [4.78, 5) is 13.1. The van der Waals surface area contributed by atoms with E-state index in [1.165, 1.54) is 7.11 Å². The van der Waals surface area contributed by atoms with Crippen LogP contribution in [0.2, 0.25) is 5.02 Å². The Labute approximate surface area is 189 Å². The Morgan fingerprint density at radius 3 is 2.53 bits per heavy atom. The first kappa shape index (κ1) is 21.1. The molecule has 4 aromatic rings. The van der Waals surface area contributed by atoms with Crippen molar-refractivity contribution < 1.29 is 14.6 Å². The molecule has 32 heavy (non-hydrogen) atoms. The molecule has 0 atom stereocenters. The molecular weight excluding hydrogens is 428 g/mol. The number of rotatable bonds is 5. The highest BCUT2D eigenvalue weighted by Gasteiger charge is 2.19. The van der Waals surface area contributed by atoms with Crippen molar-refractivity contribution in [3.63, 3.8) is 0 Å². The Bertz CT molecular complexity index is 1340. The second-order valence-electron chi connectivity index (χ2n) is 6.93. The molecule has 4 rings (SSSR count). The van der Waals surface area contributed by atoms with Gasteiger partial charge < -0.3 is 20.9 Å². The highest BCUT2D eigenvalue weighted by Crippen LogP contribution is 2.40. The number of benzene rings is 4. The number of nitrogens with one attached hydrogen (secondary N) is 1. The number of nitrogen functional groups attached to an aromatic ring is 1. The maximum absolute atomic E-state index is 13.1. The minimum Gasteiger partial charge on any atom is -0.505 e. The van der Waals surface area contributed by atoms with Gasteiger partial charge in [0.25, 0.3) is 5.91 Å². The predicted molar refractivity (Wildman–Crippen MR) is 127 cm³/mol. The van der Waals surface area contributed by atoms with Crippen molar-refractivity contribution >= 4 is 51.0 Å². The molecule has 0 radical (unpaired) electrons. The van der Waals surface area contributed by atoms with E-state index >= 15 is 0 Å². The van der Waals surface area contributed by atoms with Gasteiger partial charge >= 0.3 is 0 Å². The smallest absolute Gasteiger partial charge is 0.259 e. The number of carbonyl (C=O) groups excluding carboxylic acids is 1. The van der Waals surface area contributed by atoms with Crippen LogP contribution in [0.15, 0.2) is 83.0 Å². The molecule has 0 aliphatic carbocycles. The molecule has 0 aromatic heterocycles. The van der Waals surface area contributed by atoms with E-state index in [2.05, 4.69) is 15.5 Å². The third-order valence-electron chi connectivity index (χ3n) is 4.81. The van der Waals surface area contributed by atoms with Crippen molar-refractivity contribution in [3.8, 4) is 11.5 Å². The Balaban J connectivity index is 1.77. The average molecular weight is 447 g/mol. The number of nitrogens with zero attached hydrogens (tertiary/aromatic N) is 2. The first-order chi connectivity index (χ1) is 15.5. The third-order valence-corrected chi connectivity index (χ3v) is 5.04. The van der Waals surface area contributed by atoms with Crippen LogP contribution in [0.4, 0.5) is 22.7 Å². The standard InChI is InChI=1S/C24H19ClN4O3/c1-32-21-11-6-15(25)13-20(21)27-24(31)19-12-14-4-2-3-5-18(14)22(23(19)30)29-28-17-9-7-16(26)8-10-17/h2-13,30H,26H2,1H3,(H,27,31). The zero-order valence-electron chi connectivity index (χ0n) is 17.0. The van der Waals surface area contributed by atoms with E-state index in [1.807, 2.05) is 18.2 Å². The van der Waals surface area contributed by atoms with E-state index in [-0.39, 0.29) is 17.0 Å². The molecule has 0 spiro atoms. The Hall–Kier alpha value is -4.10. The van der Waals surface area contributed by atoms with E-state index in [0.717, 1.165) is 5.39 Å². The van der Waals surface area contributed by atoms with Crippen molar-refractivity contribution in [2.45, 2.75) is 0 Å². The van der Waals surface area contributed by atoms with Gasteiger partial charge in [-0.2, -0.15) is 5.11 Å². The Kier molecular flexibility index (Phi) is 5.91. The molecule has 8 heteroatoms. The van der Waals surface area contributed by atoms with Gasteiger partial charge in [0.1, 0.15) is 11.4 Å². The fourth-order valence-corrected chi connectivity index (χ4v) is 3.38. The van der Waals surface area contributed by atoms with Crippen molar-refractivity contribution in [1.29, 1.82) is 0 Å². The van der Waals surface area contributed by atoms with Crippen LogP contribution in [0.3, 0.4) is 0 Å². The molecule has 0 heterocycles. The molecule has 0 saturated heterocycles. The summed E-state index contributed by atoms with van der Waals surface area (Å²) >= 11 is 6.06. The van der Waals surface area contributed by atoms with Crippen LogP contribution < -0.4 is 15.8 Å². The summed E-state index contributed by atoms with van der Waals surface area (Å²) in [5, 5.41) is 23.9. The SMILES string of the molecule is COc1ccc(Cl)cc1NC(=O)c1cc2ccccc2c(N=Nc2ccc(N)cc2)c1O. The molecule has 0 unspecified atom stereocenters. The zero-order valence-corrected chi connectivity index (χ0v) is 17.8. The lowest BCUT2D eigenvalue weighted by Gasteiger charge is -2.13. The van der Waals surface area contributed by atoms with E-state index in [9.17, 15) is 9.90 Å². The van der Waals surface area contributed by atoms with Crippen LogP contribution in [0.1, 0.15) is 10.4 Å². The third kappa shape index (κ3) is 4.33. The van der Waals surface area contributed by atoms with Crippen LogP contribution in [0, 0.1) is 0 Å². The number of phenols is 1. The number of amides is 1. The van der Waals surface area contributed by atoms with Crippen LogP contribution in [-0.4, -0.2) is 18.1 Å². The fourth-order valence-electron chi connectivity index (χ4n) is 3.21. The number of nitrogens with two attached hydrogens (primary N) is 1. The first-order valence-corrected chi connectivity index (χ1v) is 10.0. The van der Waals surface area contributed by atoms with Gasteiger partial charge in [-0.15, -0.1) is 5.11 Å². The second kappa shape index (κ2) is 8.95. The van der Waals surface area contributed by atoms with Crippen LogP contribution >= 0.6 is 11.6 Å². The van der Waals surface area contributed by atoms with Gasteiger partial charge in [-0.1, -0.05) is 35.9 Å². The van der Waals surface area contributed by atoms with Crippen molar-refractivity contribution in [2.75, 3.05) is 18.2 Å². The summed E-state index contributed by atoms with van der Waals surface area (Å²) in [6.45, 7) is 0. The largest absolute Gasteiger partial charge is 0.505 e. The molecule has 4 aromatic carbocycles. The number of aromatic hydroxyl groups is 1. The maximum atomic E-state index is 13.1. The van der Waals surface area contributed by atoms with Gasteiger partial charge in [0, 0.05) is 16.1 Å². The topological polar surface area (TPSA) is 109 Å².